The molecule has 1 aliphatic heterocycles. The van der Waals surface area contributed by atoms with Crippen LogP contribution in [0.25, 0.3) is 11.5 Å². The van der Waals surface area contributed by atoms with E-state index >= 15 is 0 Å². The first kappa shape index (κ1) is 12.1. The van der Waals surface area contributed by atoms with Crippen molar-refractivity contribution >= 4 is 23.1 Å². The Bertz CT molecular complexity index is 928. The standard InChI is InChI=1S/C15H10ClNO2S/c16-11-7-2-1-4-10(11)15-17-20-14-9-6-3-5-8(9)12(18)13(14)19-15/h1-2,4,7H,3,5-6H2. The largest absolute Gasteiger partial charge is 0.432 e. The number of benzene rings is 1. The fourth-order valence-electron chi connectivity index (χ4n) is 2.75. The third kappa shape index (κ3) is 1.65. The second kappa shape index (κ2) is 4.43. The monoisotopic (exact) mass is 303 g/mol. The topological polar surface area (TPSA) is 43.1 Å². The van der Waals surface area contributed by atoms with Gasteiger partial charge in [-0.2, -0.15) is 4.37 Å². The van der Waals surface area contributed by atoms with Gasteiger partial charge >= 0.3 is 0 Å². The Balaban J connectivity index is 2.02. The van der Waals surface area contributed by atoms with Gasteiger partial charge in [-0.15, -0.1) is 0 Å². The molecule has 5 heteroatoms. The Morgan fingerprint density at radius 1 is 1.20 bits per heavy atom. The van der Waals surface area contributed by atoms with E-state index in [1.165, 1.54) is 11.5 Å². The van der Waals surface area contributed by atoms with Gasteiger partial charge in [0.05, 0.1) is 15.1 Å². The van der Waals surface area contributed by atoms with E-state index in [2.05, 4.69) is 4.37 Å². The van der Waals surface area contributed by atoms with Crippen LogP contribution in [-0.4, -0.2) is 4.37 Å². The maximum absolute atomic E-state index is 12.3. The number of hydrogen-bond acceptors (Lipinski definition) is 4. The van der Waals surface area contributed by atoms with E-state index in [0.717, 1.165) is 34.9 Å². The molecule has 1 aromatic rings. The summed E-state index contributed by atoms with van der Waals surface area (Å²) in [6.45, 7) is 0. The highest BCUT2D eigenvalue weighted by Gasteiger charge is 2.22. The number of halogens is 1. The molecule has 3 aliphatic rings. The van der Waals surface area contributed by atoms with Gasteiger partial charge in [0, 0.05) is 5.56 Å². The lowest BCUT2D eigenvalue weighted by Gasteiger charge is -2.00. The number of aromatic nitrogens is 1. The summed E-state index contributed by atoms with van der Waals surface area (Å²) in [6.07, 6.45) is 2.86. The van der Waals surface area contributed by atoms with Crippen LogP contribution in [0.2, 0.25) is 5.02 Å². The van der Waals surface area contributed by atoms with Gasteiger partial charge < -0.3 is 4.42 Å². The van der Waals surface area contributed by atoms with Crippen molar-refractivity contribution in [2.24, 2.45) is 0 Å². The minimum absolute atomic E-state index is 0.0273. The number of hydrogen-bond donors (Lipinski definition) is 0. The maximum atomic E-state index is 12.3. The van der Waals surface area contributed by atoms with Crippen molar-refractivity contribution in [1.82, 2.24) is 4.37 Å². The molecule has 100 valence electrons. The highest BCUT2D eigenvalue weighted by Crippen LogP contribution is 2.29. The van der Waals surface area contributed by atoms with Gasteiger partial charge in [0.25, 0.3) is 0 Å². The average Bonchev–Trinajstić information content (AvgIpc) is 3.03. The molecule has 0 unspecified atom stereocenters. The summed E-state index contributed by atoms with van der Waals surface area (Å²) < 4.78 is 11.0. The van der Waals surface area contributed by atoms with Gasteiger partial charge in [0.2, 0.25) is 11.3 Å². The first-order valence-corrected chi connectivity index (χ1v) is 7.60. The molecule has 0 fully saturated rings. The molecule has 0 aromatic heterocycles. The molecule has 0 spiro atoms. The smallest absolute Gasteiger partial charge is 0.239 e. The highest BCUT2D eigenvalue weighted by atomic mass is 35.5. The lowest BCUT2D eigenvalue weighted by Crippen LogP contribution is -2.02. The van der Waals surface area contributed by atoms with E-state index in [-0.39, 0.29) is 5.43 Å². The Kier molecular flexibility index (Phi) is 2.69. The first-order valence-electron chi connectivity index (χ1n) is 6.45. The summed E-state index contributed by atoms with van der Waals surface area (Å²) in [6, 6.07) is 7.35. The summed E-state index contributed by atoms with van der Waals surface area (Å²) in [5.41, 5.74) is 3.23. The van der Waals surface area contributed by atoms with Crippen LogP contribution >= 0.6 is 23.1 Å². The molecule has 1 heterocycles. The summed E-state index contributed by atoms with van der Waals surface area (Å²) in [4.78, 5) is 12.3. The molecule has 4 rings (SSSR count). The molecule has 0 amide bonds. The molecule has 0 radical (unpaired) electrons. The van der Waals surface area contributed by atoms with Crippen molar-refractivity contribution in [3.63, 3.8) is 0 Å². The zero-order chi connectivity index (χ0) is 13.7. The molecular formula is C15H10ClNO2S. The van der Waals surface area contributed by atoms with Crippen LogP contribution in [0.4, 0.5) is 0 Å². The summed E-state index contributed by atoms with van der Waals surface area (Å²) >= 11 is 7.48. The number of nitrogens with zero attached hydrogens (tertiary/aromatic N) is 1. The van der Waals surface area contributed by atoms with Crippen LogP contribution < -0.4 is 5.43 Å². The van der Waals surface area contributed by atoms with Crippen LogP contribution in [0, 0.1) is 9.95 Å². The Morgan fingerprint density at radius 2 is 2.00 bits per heavy atom. The van der Waals surface area contributed by atoms with Gasteiger partial charge in [-0.05, 0) is 48.5 Å². The Labute approximate surface area is 123 Å². The van der Waals surface area contributed by atoms with Crippen molar-refractivity contribution in [2.75, 3.05) is 0 Å². The minimum atomic E-state index is 0.0273. The van der Waals surface area contributed by atoms with Crippen molar-refractivity contribution in [2.45, 2.75) is 19.3 Å². The summed E-state index contributed by atoms with van der Waals surface area (Å²) in [5.74, 6) is 0.411. The van der Waals surface area contributed by atoms with Gasteiger partial charge in [-0.25, -0.2) is 0 Å². The van der Waals surface area contributed by atoms with Crippen molar-refractivity contribution in [1.29, 1.82) is 0 Å². The highest BCUT2D eigenvalue weighted by molar-refractivity contribution is 7.03. The summed E-state index contributed by atoms with van der Waals surface area (Å²) in [7, 11) is 0. The molecule has 0 saturated heterocycles. The van der Waals surface area contributed by atoms with Crippen LogP contribution in [0.3, 0.4) is 0 Å². The molecule has 0 N–H and O–H groups in total. The molecule has 3 nitrogen and oxygen atoms in total. The van der Waals surface area contributed by atoms with Gasteiger partial charge in [0.1, 0.15) is 0 Å². The average molecular weight is 304 g/mol. The molecular weight excluding hydrogens is 294 g/mol. The van der Waals surface area contributed by atoms with Gasteiger partial charge in [-0.1, -0.05) is 23.7 Å². The predicted octanol–water partition coefficient (Wildman–Crippen LogP) is 3.63. The third-order valence-corrected chi connectivity index (χ3v) is 4.90. The fourth-order valence-corrected chi connectivity index (χ4v) is 3.83. The maximum Gasteiger partial charge on any atom is 0.239 e. The normalized spacial score (nSPS) is 13.8. The lowest BCUT2D eigenvalue weighted by atomic mass is 10.2. The van der Waals surface area contributed by atoms with Crippen molar-refractivity contribution < 1.29 is 4.42 Å². The van der Waals surface area contributed by atoms with E-state index in [9.17, 15) is 4.79 Å². The van der Waals surface area contributed by atoms with Crippen LogP contribution in [0.15, 0.2) is 33.5 Å². The number of fused-ring (bicyclic) bond motifs is 2. The quantitative estimate of drug-likeness (QED) is 0.689. The van der Waals surface area contributed by atoms with E-state index in [0.29, 0.717) is 21.9 Å². The number of rotatable bonds is 1. The summed E-state index contributed by atoms with van der Waals surface area (Å²) in [5, 5.41) is 0.571. The molecule has 0 bridgehead atoms. The van der Waals surface area contributed by atoms with Gasteiger partial charge in [0.15, 0.2) is 5.42 Å². The lowest BCUT2D eigenvalue weighted by molar-refractivity contribution is 0.520. The SMILES string of the molecule is O=c1c2c(c3snc(-c4ccccc4Cl)oc1=3)CCC2. The molecule has 1 aromatic carbocycles. The minimum Gasteiger partial charge on any atom is -0.432 e. The first-order chi connectivity index (χ1) is 9.75. The molecule has 2 aliphatic carbocycles. The third-order valence-electron chi connectivity index (χ3n) is 3.70. The molecule has 0 saturated carbocycles. The van der Waals surface area contributed by atoms with Crippen molar-refractivity contribution in [3.05, 3.63) is 60.6 Å². The van der Waals surface area contributed by atoms with Crippen LogP contribution in [0.5, 0.6) is 0 Å². The Hall–Kier alpha value is -1.65. The van der Waals surface area contributed by atoms with Crippen molar-refractivity contribution in [3.8, 4) is 11.5 Å². The second-order valence-corrected chi connectivity index (χ2v) is 6.05. The fraction of sp³-hybridized carbons (Fsp3) is 0.200. The van der Waals surface area contributed by atoms with Crippen LogP contribution in [-0.2, 0) is 12.8 Å². The zero-order valence-electron chi connectivity index (χ0n) is 10.5. The van der Waals surface area contributed by atoms with E-state index in [1.54, 1.807) is 6.07 Å². The van der Waals surface area contributed by atoms with Crippen LogP contribution in [0.1, 0.15) is 17.5 Å². The molecule has 20 heavy (non-hydrogen) atoms. The predicted molar refractivity (Wildman–Crippen MR) is 78.4 cm³/mol. The Morgan fingerprint density at radius 3 is 2.85 bits per heavy atom. The van der Waals surface area contributed by atoms with E-state index in [1.807, 2.05) is 18.2 Å². The molecule has 0 atom stereocenters. The van der Waals surface area contributed by atoms with Gasteiger partial charge in [-0.3, -0.25) is 4.79 Å². The van der Waals surface area contributed by atoms with E-state index in [4.69, 9.17) is 16.0 Å². The zero-order valence-corrected chi connectivity index (χ0v) is 12.1. The second-order valence-electron chi connectivity index (χ2n) is 4.87. The van der Waals surface area contributed by atoms with E-state index < -0.39 is 0 Å².